The molecule has 0 aliphatic carbocycles. The first-order valence-electron chi connectivity index (χ1n) is 11.8. The van der Waals surface area contributed by atoms with Gasteiger partial charge in [0.05, 0.1) is 27.6 Å². The summed E-state index contributed by atoms with van der Waals surface area (Å²) in [4.78, 5) is 11.7. The number of quaternary nitrogens is 1. The van der Waals surface area contributed by atoms with Crippen LogP contribution in [0.15, 0.2) is 0 Å². The van der Waals surface area contributed by atoms with E-state index in [0.717, 1.165) is 39.1 Å². The fourth-order valence-corrected chi connectivity index (χ4v) is 7.81. The van der Waals surface area contributed by atoms with E-state index in [-0.39, 0.29) is 5.97 Å². The number of thioether (sulfide) groups is 1. The molecule has 0 saturated heterocycles. The number of hydrogen-bond donors (Lipinski definition) is 0. The molecule has 11 nitrogen and oxygen atoms in total. The van der Waals surface area contributed by atoms with E-state index in [1.807, 2.05) is 20.8 Å². The molecule has 0 heterocycles. The molecule has 0 atom stereocenters. The summed E-state index contributed by atoms with van der Waals surface area (Å²) >= 11 is 1.77. The van der Waals surface area contributed by atoms with Gasteiger partial charge >= 0.3 is 25.8 Å². The molecule has 0 aromatic rings. The summed E-state index contributed by atoms with van der Waals surface area (Å²) in [5, 5.41) is 0. The zero-order valence-corrected chi connectivity index (χ0v) is 26.6. The highest BCUT2D eigenvalue weighted by molar-refractivity contribution is 8.13. The minimum Gasteiger partial charge on any atom is -0.460 e. The Balaban J connectivity index is 0. The zero-order chi connectivity index (χ0) is 31.9. The minimum absolute atomic E-state index is 0.109. The van der Waals surface area contributed by atoms with Gasteiger partial charge in [0.15, 0.2) is 20.0 Å². The number of esters is 1. The van der Waals surface area contributed by atoms with Gasteiger partial charge in [0.1, 0.15) is 13.2 Å². The first-order valence-corrected chi connectivity index (χ1v) is 17.8. The van der Waals surface area contributed by atoms with Crippen molar-refractivity contribution in [2.45, 2.75) is 50.7 Å². The maximum atomic E-state index is 11.7. The smallest absolute Gasteiger partial charge is 0.460 e. The Bertz CT molecular complexity index is 886. The molecule has 0 N–H and O–H groups in total. The molecule has 40 heavy (non-hydrogen) atoms. The first-order chi connectivity index (χ1) is 18.0. The Hall–Kier alpha value is -0.683. The number of carbonyl (C=O) groups excluding carboxylic acids is 1. The number of ether oxygens (including phenoxy) is 1. The van der Waals surface area contributed by atoms with Crippen molar-refractivity contribution in [1.82, 2.24) is 0 Å². The predicted octanol–water partition coefficient (Wildman–Crippen LogP) is 3.86. The van der Waals surface area contributed by atoms with Gasteiger partial charge < -0.3 is 26.6 Å². The van der Waals surface area contributed by atoms with Crippen LogP contribution in [0, 0.1) is 0 Å². The van der Waals surface area contributed by atoms with Crippen molar-refractivity contribution >= 4 is 46.6 Å². The first kappa shape index (κ1) is 41.5. The highest BCUT2D eigenvalue weighted by Crippen LogP contribution is 2.36. The Morgan fingerprint density at radius 2 is 1.25 bits per heavy atom. The summed E-state index contributed by atoms with van der Waals surface area (Å²) < 4.78 is 133. The standard InChI is InChI=1S/C17H38NO5SSi.C2F6NO4S2/c1-7-21-25(22-8-2,23-9-3)16-10-14-24-15-11-17(19)20-13-12-18(4,5)6;3-1(4,5)14(10,11)9-15(12,13)2(6,7)8/h7-16H2,1-6H3;/q+1;-1. The van der Waals surface area contributed by atoms with Gasteiger partial charge in [0.25, 0.3) is 0 Å². The predicted molar refractivity (Wildman–Crippen MR) is 139 cm³/mol. The topological polar surface area (TPSA) is 136 Å². The number of carbonyl (C=O) groups is 1. The number of sulfonamides is 2. The number of halogens is 6. The number of rotatable bonds is 18. The molecule has 0 amide bonds. The van der Waals surface area contributed by atoms with Crippen LogP contribution in [0.5, 0.6) is 0 Å². The molecule has 0 aliphatic heterocycles. The summed E-state index contributed by atoms with van der Waals surface area (Å²) in [5.74, 6) is 1.65. The molecule has 0 fully saturated rings. The molecular weight excluding hydrogens is 638 g/mol. The molecule has 0 spiro atoms. The van der Waals surface area contributed by atoms with Gasteiger partial charge in [-0.15, -0.1) is 0 Å². The van der Waals surface area contributed by atoms with Crippen molar-refractivity contribution in [2.75, 3.05) is 65.6 Å². The van der Waals surface area contributed by atoms with Crippen LogP contribution in [0.1, 0.15) is 33.6 Å². The summed E-state index contributed by atoms with van der Waals surface area (Å²) in [7, 11) is -9.71. The molecule has 0 unspecified atom stereocenters. The van der Waals surface area contributed by atoms with Crippen LogP contribution in [-0.4, -0.2) is 113 Å². The van der Waals surface area contributed by atoms with Gasteiger partial charge in [-0.3, -0.25) is 4.79 Å². The summed E-state index contributed by atoms with van der Waals surface area (Å²) in [5.41, 5.74) is -12.4. The Morgan fingerprint density at radius 3 is 1.60 bits per heavy atom. The average molecular weight is 677 g/mol. The van der Waals surface area contributed by atoms with E-state index in [9.17, 15) is 48.0 Å². The van der Waals surface area contributed by atoms with E-state index in [4.69, 9.17) is 18.0 Å². The third kappa shape index (κ3) is 18.0. The van der Waals surface area contributed by atoms with Crippen LogP contribution in [0.25, 0.3) is 4.13 Å². The second kappa shape index (κ2) is 18.1. The van der Waals surface area contributed by atoms with Crippen LogP contribution in [0.4, 0.5) is 26.3 Å². The van der Waals surface area contributed by atoms with Gasteiger partial charge in [-0.05, 0) is 32.9 Å². The SMILES string of the molecule is CCO[Si](CCCSCCC(=O)OCC[N+](C)(C)C)(OCC)OCC.O=S(=O)([N-]S(=O)(=O)C(F)(F)F)C(F)(F)F. The van der Waals surface area contributed by atoms with Gasteiger partial charge in [-0.1, -0.05) is 0 Å². The average Bonchev–Trinajstić information content (AvgIpc) is 2.74. The van der Waals surface area contributed by atoms with E-state index in [2.05, 4.69) is 21.1 Å². The fraction of sp³-hybridized carbons (Fsp3) is 0.947. The quantitative estimate of drug-likeness (QED) is 0.0692. The van der Waals surface area contributed by atoms with Gasteiger partial charge in [-0.2, -0.15) is 38.1 Å². The van der Waals surface area contributed by atoms with Crippen molar-refractivity contribution in [3.8, 4) is 0 Å². The number of likely N-dealkylation sites (N-methyl/N-ethyl adjacent to an activating group) is 1. The Kier molecular flexibility index (Phi) is 18.7. The molecule has 0 rings (SSSR count). The Morgan fingerprint density at radius 1 is 0.825 bits per heavy atom. The highest BCUT2D eigenvalue weighted by atomic mass is 32.3. The van der Waals surface area contributed by atoms with Crippen LogP contribution < -0.4 is 0 Å². The highest BCUT2D eigenvalue weighted by Gasteiger charge is 2.47. The summed E-state index contributed by atoms with van der Waals surface area (Å²) in [6.07, 6.45) is 1.43. The van der Waals surface area contributed by atoms with Crippen molar-refractivity contribution in [2.24, 2.45) is 0 Å². The molecule has 0 aliphatic rings. The van der Waals surface area contributed by atoms with Crippen molar-refractivity contribution < 1.29 is 70.5 Å². The Labute approximate surface area is 237 Å². The molecular formula is C19H38F6N2O9S3Si. The minimum atomic E-state index is -6.72. The van der Waals surface area contributed by atoms with Gasteiger partial charge in [-0.25, -0.2) is 16.8 Å². The van der Waals surface area contributed by atoms with Crippen molar-refractivity contribution in [3.05, 3.63) is 4.13 Å². The lowest BCUT2D eigenvalue weighted by atomic mass is 10.5. The lowest BCUT2D eigenvalue weighted by Crippen LogP contribution is -2.46. The largest absolute Gasteiger partial charge is 0.500 e. The number of nitrogens with zero attached hydrogens (tertiary/aromatic N) is 2. The summed E-state index contributed by atoms with van der Waals surface area (Å²) in [6, 6.07) is 0.823. The third-order valence-corrected chi connectivity index (χ3v) is 11.1. The maximum absolute atomic E-state index is 11.7. The number of hydrogen-bond acceptors (Lipinski definition) is 10. The molecule has 0 aromatic heterocycles. The van der Waals surface area contributed by atoms with Gasteiger partial charge in [0.2, 0.25) is 0 Å². The van der Waals surface area contributed by atoms with Crippen molar-refractivity contribution in [3.63, 3.8) is 0 Å². The van der Waals surface area contributed by atoms with E-state index < -0.39 is 39.9 Å². The summed E-state index contributed by atoms with van der Waals surface area (Å²) in [6.45, 7) is 9.06. The maximum Gasteiger partial charge on any atom is 0.500 e. The fourth-order valence-electron chi connectivity index (χ4n) is 2.37. The van der Waals surface area contributed by atoms with E-state index in [1.165, 1.54) is 0 Å². The molecule has 21 heteroatoms. The van der Waals surface area contributed by atoms with E-state index in [0.29, 0.717) is 32.8 Å². The monoisotopic (exact) mass is 676 g/mol. The van der Waals surface area contributed by atoms with Crippen LogP contribution in [0.2, 0.25) is 6.04 Å². The van der Waals surface area contributed by atoms with Crippen LogP contribution in [-0.2, 0) is 42.9 Å². The van der Waals surface area contributed by atoms with Gasteiger partial charge in [0, 0.05) is 31.6 Å². The van der Waals surface area contributed by atoms with Crippen molar-refractivity contribution in [1.29, 1.82) is 0 Å². The van der Waals surface area contributed by atoms with E-state index >= 15 is 0 Å². The molecule has 0 saturated carbocycles. The third-order valence-electron chi connectivity index (χ3n) is 4.12. The molecule has 0 radical (unpaired) electrons. The van der Waals surface area contributed by atoms with Crippen LogP contribution >= 0.6 is 11.8 Å². The second-order valence-electron chi connectivity index (χ2n) is 8.60. The molecule has 0 bridgehead atoms. The number of alkyl halides is 6. The lowest BCUT2D eigenvalue weighted by Gasteiger charge is -2.28. The van der Waals surface area contributed by atoms with Crippen LogP contribution in [0.3, 0.4) is 0 Å². The van der Waals surface area contributed by atoms with E-state index in [1.54, 1.807) is 11.8 Å². The zero-order valence-electron chi connectivity index (χ0n) is 23.1. The lowest BCUT2D eigenvalue weighted by molar-refractivity contribution is -0.870. The normalized spacial score (nSPS) is 13.5. The second-order valence-corrected chi connectivity index (χ2v) is 16.0. The molecule has 242 valence electrons. The molecule has 0 aromatic carbocycles.